The zero-order chi connectivity index (χ0) is 10.8. The van der Waals surface area contributed by atoms with Gasteiger partial charge in [0.2, 0.25) is 5.78 Å². The molecule has 0 unspecified atom stereocenters. The fourth-order valence-electron chi connectivity index (χ4n) is 1.21. The van der Waals surface area contributed by atoms with Crippen molar-refractivity contribution in [1.29, 1.82) is 0 Å². The fourth-order valence-corrected chi connectivity index (χ4v) is 3.10. The summed E-state index contributed by atoms with van der Waals surface area (Å²) in [5, 5.41) is 0. The fraction of sp³-hybridized carbons (Fsp3) is 0. The van der Waals surface area contributed by atoms with Crippen LogP contribution in [0.25, 0.3) is 0 Å². The zero-order valence-corrected chi connectivity index (χ0v) is 12.1. The van der Waals surface area contributed by atoms with E-state index >= 15 is 0 Å². The molecule has 0 radical (unpaired) electrons. The highest BCUT2D eigenvalue weighted by Gasteiger charge is 2.11. The van der Waals surface area contributed by atoms with Gasteiger partial charge >= 0.3 is 0 Å². The molecule has 1 aromatic heterocycles. The van der Waals surface area contributed by atoms with E-state index in [0.29, 0.717) is 0 Å². The molecular weight excluding hydrogens is 387 g/mol. The number of halogens is 2. The first-order valence-electron chi connectivity index (χ1n) is 4.22. The third-order valence-electron chi connectivity index (χ3n) is 1.88. The molecule has 0 aliphatic heterocycles. The van der Waals surface area contributed by atoms with E-state index in [1.807, 2.05) is 36.4 Å². The predicted molar refractivity (Wildman–Crippen MR) is 74.6 cm³/mol. The largest absolute Gasteiger partial charge is 0.288 e. The maximum absolute atomic E-state index is 12.0. The van der Waals surface area contributed by atoms with Gasteiger partial charge in [0.05, 0.1) is 8.66 Å². The molecule has 0 saturated carbocycles. The van der Waals surface area contributed by atoms with Crippen molar-refractivity contribution in [1.82, 2.24) is 0 Å². The number of thiophene rings is 1. The van der Waals surface area contributed by atoms with E-state index < -0.39 is 0 Å². The second-order valence-corrected chi connectivity index (χ2v) is 6.65. The molecule has 76 valence electrons. The normalized spacial score (nSPS) is 10.3. The summed E-state index contributed by atoms with van der Waals surface area (Å²) in [6, 6.07) is 11.4. The lowest BCUT2D eigenvalue weighted by Crippen LogP contribution is -1.98. The van der Waals surface area contributed by atoms with Gasteiger partial charge in [0.25, 0.3) is 0 Å². The van der Waals surface area contributed by atoms with E-state index in [1.54, 1.807) is 0 Å². The van der Waals surface area contributed by atoms with Crippen LogP contribution in [0.5, 0.6) is 0 Å². The van der Waals surface area contributed by atoms with Crippen molar-refractivity contribution in [2.24, 2.45) is 0 Å². The third kappa shape index (κ3) is 2.68. The molecule has 15 heavy (non-hydrogen) atoms. The first-order chi connectivity index (χ1) is 7.16. The summed E-state index contributed by atoms with van der Waals surface area (Å²) < 4.78 is 2.06. The minimum absolute atomic E-state index is 0.0872. The predicted octanol–water partition coefficient (Wildman–Crippen LogP) is 4.35. The van der Waals surface area contributed by atoms with Gasteiger partial charge in [-0.1, -0.05) is 12.1 Å². The molecular formula is C11H6BrIOS. The number of carbonyl (C=O) groups is 1. The molecule has 1 heterocycles. The van der Waals surface area contributed by atoms with Gasteiger partial charge in [0, 0.05) is 9.13 Å². The molecule has 0 saturated heterocycles. The maximum atomic E-state index is 12.0. The quantitative estimate of drug-likeness (QED) is 0.548. The van der Waals surface area contributed by atoms with Gasteiger partial charge in [-0.05, 0) is 62.8 Å². The molecule has 0 aliphatic rings. The molecule has 0 fully saturated rings. The number of rotatable bonds is 2. The van der Waals surface area contributed by atoms with E-state index in [-0.39, 0.29) is 5.78 Å². The molecule has 0 N–H and O–H groups in total. The zero-order valence-electron chi connectivity index (χ0n) is 7.54. The standard InChI is InChI=1S/C11H6BrIOS/c12-10-5-4-9(15-10)11(14)7-2-1-3-8(13)6-7/h1-6H. The van der Waals surface area contributed by atoms with Crippen LogP contribution in [-0.4, -0.2) is 5.78 Å². The summed E-state index contributed by atoms with van der Waals surface area (Å²) in [5.74, 6) is 0.0872. The van der Waals surface area contributed by atoms with E-state index in [4.69, 9.17) is 0 Å². The van der Waals surface area contributed by atoms with Gasteiger partial charge in [0.1, 0.15) is 0 Å². The van der Waals surface area contributed by atoms with Crippen molar-refractivity contribution in [2.75, 3.05) is 0 Å². The Morgan fingerprint density at radius 2 is 2.07 bits per heavy atom. The molecule has 0 bridgehead atoms. The molecule has 1 aromatic carbocycles. The van der Waals surface area contributed by atoms with Crippen LogP contribution < -0.4 is 0 Å². The van der Waals surface area contributed by atoms with E-state index in [1.165, 1.54) is 11.3 Å². The maximum Gasteiger partial charge on any atom is 0.203 e. The third-order valence-corrected chi connectivity index (χ3v) is 4.18. The second kappa shape index (κ2) is 4.76. The summed E-state index contributed by atoms with van der Waals surface area (Å²) in [6.07, 6.45) is 0. The SMILES string of the molecule is O=C(c1cccc(I)c1)c1ccc(Br)s1. The summed E-state index contributed by atoms with van der Waals surface area (Å²) in [7, 11) is 0. The Balaban J connectivity index is 2.36. The smallest absolute Gasteiger partial charge is 0.203 e. The Morgan fingerprint density at radius 1 is 1.27 bits per heavy atom. The Morgan fingerprint density at radius 3 is 2.67 bits per heavy atom. The van der Waals surface area contributed by atoms with Crippen LogP contribution >= 0.6 is 49.9 Å². The summed E-state index contributed by atoms with van der Waals surface area (Å²) in [5.41, 5.74) is 0.747. The first-order valence-corrected chi connectivity index (χ1v) is 6.91. The van der Waals surface area contributed by atoms with Crippen LogP contribution in [0.2, 0.25) is 0 Å². The number of hydrogen-bond acceptors (Lipinski definition) is 2. The van der Waals surface area contributed by atoms with Gasteiger partial charge in [-0.2, -0.15) is 0 Å². The lowest BCUT2D eigenvalue weighted by Gasteiger charge is -1.98. The molecule has 1 nitrogen and oxygen atoms in total. The molecule has 0 aliphatic carbocycles. The number of hydrogen-bond donors (Lipinski definition) is 0. The number of carbonyl (C=O) groups excluding carboxylic acids is 1. The molecule has 4 heteroatoms. The average molecular weight is 393 g/mol. The summed E-state index contributed by atoms with van der Waals surface area (Å²) in [4.78, 5) is 12.8. The van der Waals surface area contributed by atoms with Gasteiger partial charge in [-0.3, -0.25) is 4.79 Å². The van der Waals surface area contributed by atoms with Crippen molar-refractivity contribution in [3.8, 4) is 0 Å². The van der Waals surface area contributed by atoms with Crippen LogP contribution in [0.1, 0.15) is 15.2 Å². The summed E-state index contributed by atoms with van der Waals surface area (Å²) >= 11 is 7.02. The van der Waals surface area contributed by atoms with E-state index in [2.05, 4.69) is 38.5 Å². The van der Waals surface area contributed by atoms with Crippen LogP contribution in [0.4, 0.5) is 0 Å². The number of ketones is 1. The van der Waals surface area contributed by atoms with E-state index in [9.17, 15) is 4.79 Å². The van der Waals surface area contributed by atoms with Crippen LogP contribution in [-0.2, 0) is 0 Å². The average Bonchev–Trinajstić information content (AvgIpc) is 2.64. The molecule has 0 atom stereocenters. The van der Waals surface area contributed by atoms with Crippen LogP contribution in [0.3, 0.4) is 0 Å². The highest BCUT2D eigenvalue weighted by Crippen LogP contribution is 2.24. The molecule has 2 aromatic rings. The Bertz CT molecular complexity index is 507. The first kappa shape index (κ1) is 11.3. The topological polar surface area (TPSA) is 17.1 Å². The van der Waals surface area contributed by atoms with Crippen molar-refractivity contribution in [2.45, 2.75) is 0 Å². The van der Waals surface area contributed by atoms with Gasteiger partial charge in [0.15, 0.2) is 0 Å². The second-order valence-electron chi connectivity index (χ2n) is 2.94. The summed E-state index contributed by atoms with van der Waals surface area (Å²) in [6.45, 7) is 0. The Labute approximate surface area is 114 Å². The molecule has 0 amide bonds. The highest BCUT2D eigenvalue weighted by atomic mass is 127. The van der Waals surface area contributed by atoms with Crippen molar-refractivity contribution in [3.63, 3.8) is 0 Å². The lowest BCUT2D eigenvalue weighted by atomic mass is 10.1. The number of benzene rings is 1. The lowest BCUT2D eigenvalue weighted by molar-refractivity contribution is 0.104. The van der Waals surface area contributed by atoms with Gasteiger partial charge < -0.3 is 0 Å². The van der Waals surface area contributed by atoms with Gasteiger partial charge in [-0.15, -0.1) is 11.3 Å². The Kier molecular flexibility index (Phi) is 3.58. The Hall–Kier alpha value is -0.200. The monoisotopic (exact) mass is 392 g/mol. The van der Waals surface area contributed by atoms with Gasteiger partial charge in [-0.25, -0.2) is 0 Å². The molecule has 0 spiro atoms. The highest BCUT2D eigenvalue weighted by molar-refractivity contribution is 14.1. The van der Waals surface area contributed by atoms with Crippen molar-refractivity contribution < 1.29 is 4.79 Å². The molecule has 2 rings (SSSR count). The minimum atomic E-state index is 0.0872. The van der Waals surface area contributed by atoms with Crippen molar-refractivity contribution >= 4 is 55.6 Å². The van der Waals surface area contributed by atoms with E-state index in [0.717, 1.165) is 17.8 Å². The van der Waals surface area contributed by atoms with Crippen molar-refractivity contribution in [3.05, 3.63) is 54.2 Å². The van der Waals surface area contributed by atoms with Crippen LogP contribution in [0.15, 0.2) is 40.2 Å². The minimum Gasteiger partial charge on any atom is -0.288 e. The van der Waals surface area contributed by atoms with Crippen LogP contribution in [0, 0.1) is 3.57 Å².